The van der Waals surface area contributed by atoms with Crippen LogP contribution in [0.4, 0.5) is 9.18 Å². The zero-order chi connectivity index (χ0) is 16.7. The first-order valence-corrected chi connectivity index (χ1v) is 7.50. The highest BCUT2D eigenvalue weighted by molar-refractivity contribution is 14.1. The minimum Gasteiger partial charge on any atom is -0.463 e. The Balaban J connectivity index is 2.42. The third-order valence-electron chi connectivity index (χ3n) is 3.37. The second-order valence-corrected chi connectivity index (χ2v) is 5.80. The van der Waals surface area contributed by atoms with E-state index in [4.69, 9.17) is 5.11 Å². The predicted octanol–water partition coefficient (Wildman–Crippen LogP) is 3.55. The number of benzene rings is 1. The Morgan fingerprint density at radius 3 is 2.83 bits per heavy atom. The van der Waals surface area contributed by atoms with E-state index in [-0.39, 0.29) is 22.3 Å². The maximum atomic E-state index is 14.2. The molecule has 2 aromatic heterocycles. The molecule has 0 aliphatic carbocycles. The minimum absolute atomic E-state index is 0.0875. The quantitative estimate of drug-likeness (QED) is 0.606. The van der Waals surface area contributed by atoms with E-state index >= 15 is 0 Å². The summed E-state index contributed by atoms with van der Waals surface area (Å²) in [6, 6.07) is 7.90. The molecule has 0 aliphatic heterocycles. The number of nitriles is 1. The fraction of sp³-hybridized carbons (Fsp3) is 0.0667. The average molecular weight is 422 g/mol. The molecule has 1 N–H and O–H groups in total. The van der Waals surface area contributed by atoms with E-state index in [9.17, 15) is 14.4 Å². The molecule has 0 bridgehead atoms. The lowest BCUT2D eigenvalue weighted by atomic mass is 10.0. The number of nitrogens with zero attached hydrogens (tertiary/aromatic N) is 4. The van der Waals surface area contributed by atoms with Gasteiger partial charge < -0.3 is 5.11 Å². The number of fused-ring (bicyclic) bond motifs is 1. The summed E-state index contributed by atoms with van der Waals surface area (Å²) in [5, 5.41) is 22.4. The van der Waals surface area contributed by atoms with Gasteiger partial charge in [-0.25, -0.2) is 14.2 Å². The maximum Gasteiger partial charge on any atom is 0.432 e. The third-order valence-corrected chi connectivity index (χ3v) is 4.10. The standard InChI is InChI=1S/C15H8FIN4O2/c1-7-3-2-4-9(16)11(7)12-8(6-18)5-10-13(19-12)14(17)20-21(10)15(22)23/h2-5H,1H3,(H,22,23). The van der Waals surface area contributed by atoms with E-state index in [1.54, 1.807) is 19.1 Å². The first-order valence-electron chi connectivity index (χ1n) is 6.42. The van der Waals surface area contributed by atoms with Crippen LogP contribution in [0, 0.1) is 27.8 Å². The highest BCUT2D eigenvalue weighted by atomic mass is 127. The number of carboxylic acid groups (broad SMARTS) is 1. The molecule has 3 rings (SSSR count). The van der Waals surface area contributed by atoms with Crippen molar-refractivity contribution in [1.82, 2.24) is 14.8 Å². The summed E-state index contributed by atoms with van der Waals surface area (Å²) in [6.07, 6.45) is -1.28. The van der Waals surface area contributed by atoms with E-state index in [1.807, 2.05) is 28.7 Å². The minimum atomic E-state index is -1.28. The molecule has 0 radical (unpaired) electrons. The topological polar surface area (TPSA) is 91.8 Å². The number of halogens is 2. The number of hydrogen-bond donors (Lipinski definition) is 1. The van der Waals surface area contributed by atoms with Crippen LogP contribution >= 0.6 is 22.6 Å². The molecule has 2 heterocycles. The molecular formula is C15H8FIN4O2. The Bertz CT molecular complexity index is 987. The zero-order valence-electron chi connectivity index (χ0n) is 11.7. The van der Waals surface area contributed by atoms with Crippen LogP contribution in [0.25, 0.3) is 22.3 Å². The second-order valence-electron chi connectivity index (χ2n) is 4.78. The molecule has 8 heteroatoms. The van der Waals surface area contributed by atoms with Gasteiger partial charge in [-0.2, -0.15) is 15.0 Å². The fourth-order valence-electron chi connectivity index (χ4n) is 2.36. The van der Waals surface area contributed by atoms with E-state index < -0.39 is 11.9 Å². The van der Waals surface area contributed by atoms with Crippen molar-refractivity contribution in [2.24, 2.45) is 0 Å². The molecule has 0 atom stereocenters. The van der Waals surface area contributed by atoms with Gasteiger partial charge >= 0.3 is 6.09 Å². The molecule has 0 saturated carbocycles. The molecule has 0 saturated heterocycles. The lowest BCUT2D eigenvalue weighted by Gasteiger charge is -2.09. The van der Waals surface area contributed by atoms with Gasteiger partial charge in [-0.05, 0) is 47.2 Å². The summed E-state index contributed by atoms with van der Waals surface area (Å²) in [7, 11) is 0. The van der Waals surface area contributed by atoms with Gasteiger partial charge in [0.25, 0.3) is 0 Å². The van der Waals surface area contributed by atoms with Crippen LogP contribution in [0.5, 0.6) is 0 Å². The molecule has 0 amide bonds. The number of aryl methyl sites for hydroxylation is 1. The van der Waals surface area contributed by atoms with Crippen molar-refractivity contribution in [3.63, 3.8) is 0 Å². The summed E-state index contributed by atoms with van der Waals surface area (Å²) in [5.41, 5.74) is 1.63. The molecule has 114 valence electrons. The Morgan fingerprint density at radius 1 is 1.48 bits per heavy atom. The van der Waals surface area contributed by atoms with E-state index in [0.717, 1.165) is 4.68 Å². The molecule has 23 heavy (non-hydrogen) atoms. The number of rotatable bonds is 1. The summed E-state index contributed by atoms with van der Waals surface area (Å²) in [5.74, 6) is -0.492. The van der Waals surface area contributed by atoms with Crippen LogP contribution in [0.2, 0.25) is 0 Å². The van der Waals surface area contributed by atoms with Crippen molar-refractivity contribution in [2.45, 2.75) is 6.92 Å². The molecule has 3 aromatic rings. The molecule has 0 spiro atoms. The van der Waals surface area contributed by atoms with Crippen molar-refractivity contribution >= 4 is 39.7 Å². The van der Waals surface area contributed by atoms with Crippen molar-refractivity contribution in [3.05, 3.63) is 44.9 Å². The first kappa shape index (κ1) is 15.4. The number of hydrogen-bond acceptors (Lipinski definition) is 4. The van der Waals surface area contributed by atoms with Gasteiger partial charge in [0, 0.05) is 5.56 Å². The SMILES string of the molecule is Cc1cccc(F)c1-c1nc2c(I)nn(C(=O)O)c2cc1C#N. The average Bonchev–Trinajstić information content (AvgIpc) is 2.83. The van der Waals surface area contributed by atoms with Gasteiger partial charge in [0.2, 0.25) is 0 Å². The second kappa shape index (κ2) is 5.58. The highest BCUT2D eigenvalue weighted by Gasteiger charge is 2.21. The molecule has 0 unspecified atom stereocenters. The van der Waals surface area contributed by atoms with E-state index in [2.05, 4.69) is 10.1 Å². The normalized spacial score (nSPS) is 10.7. The number of aromatic nitrogens is 3. The first-order chi connectivity index (χ1) is 10.9. The molecule has 0 fully saturated rings. The lowest BCUT2D eigenvalue weighted by molar-refractivity contribution is 0.194. The number of pyridine rings is 1. The largest absolute Gasteiger partial charge is 0.463 e. The van der Waals surface area contributed by atoms with Crippen LogP contribution < -0.4 is 0 Å². The zero-order valence-corrected chi connectivity index (χ0v) is 13.9. The number of carbonyl (C=O) groups is 1. The van der Waals surface area contributed by atoms with E-state index in [1.165, 1.54) is 12.1 Å². The lowest BCUT2D eigenvalue weighted by Crippen LogP contribution is -2.09. The Labute approximate surface area is 143 Å². The predicted molar refractivity (Wildman–Crippen MR) is 88.5 cm³/mol. The Kier molecular flexibility index (Phi) is 3.73. The van der Waals surface area contributed by atoms with Gasteiger partial charge in [0.05, 0.1) is 11.3 Å². The van der Waals surface area contributed by atoms with Crippen molar-refractivity contribution in [3.8, 4) is 17.3 Å². The van der Waals surface area contributed by atoms with Crippen LogP contribution in [0.1, 0.15) is 11.1 Å². The fourth-order valence-corrected chi connectivity index (χ4v) is 2.97. The van der Waals surface area contributed by atoms with Crippen LogP contribution in [-0.4, -0.2) is 26.0 Å². The van der Waals surface area contributed by atoms with Gasteiger partial charge in [-0.1, -0.05) is 12.1 Å². The molecular weight excluding hydrogens is 414 g/mol. The van der Waals surface area contributed by atoms with Crippen molar-refractivity contribution in [1.29, 1.82) is 5.26 Å². The molecule has 1 aromatic carbocycles. The van der Waals surface area contributed by atoms with Gasteiger partial charge in [-0.15, -0.1) is 0 Å². The highest BCUT2D eigenvalue weighted by Crippen LogP contribution is 2.31. The third kappa shape index (κ3) is 2.43. The van der Waals surface area contributed by atoms with Crippen LogP contribution in [-0.2, 0) is 0 Å². The summed E-state index contributed by atoms with van der Waals surface area (Å²) in [4.78, 5) is 15.5. The Hall–Kier alpha value is -2.54. The Morgan fingerprint density at radius 2 is 2.22 bits per heavy atom. The summed E-state index contributed by atoms with van der Waals surface area (Å²) in [6.45, 7) is 1.72. The van der Waals surface area contributed by atoms with Gasteiger partial charge in [-0.3, -0.25) is 0 Å². The monoisotopic (exact) mass is 422 g/mol. The summed E-state index contributed by atoms with van der Waals surface area (Å²) < 4.78 is 15.3. The van der Waals surface area contributed by atoms with Gasteiger partial charge in [0.15, 0.2) is 0 Å². The smallest absolute Gasteiger partial charge is 0.432 e. The van der Waals surface area contributed by atoms with Crippen molar-refractivity contribution < 1.29 is 14.3 Å². The van der Waals surface area contributed by atoms with Crippen LogP contribution in [0.15, 0.2) is 24.3 Å². The molecule has 0 aliphatic rings. The van der Waals surface area contributed by atoms with Gasteiger partial charge in [0.1, 0.15) is 26.6 Å². The van der Waals surface area contributed by atoms with Crippen molar-refractivity contribution in [2.75, 3.05) is 0 Å². The molecule has 6 nitrogen and oxygen atoms in total. The van der Waals surface area contributed by atoms with E-state index in [0.29, 0.717) is 14.8 Å². The maximum absolute atomic E-state index is 14.2. The van der Waals surface area contributed by atoms with Crippen LogP contribution in [0.3, 0.4) is 0 Å². The summed E-state index contributed by atoms with van der Waals surface area (Å²) >= 11 is 1.86.